The molecule has 0 heterocycles. The van der Waals surface area contributed by atoms with Gasteiger partial charge >= 0.3 is 0 Å². The van der Waals surface area contributed by atoms with Crippen molar-refractivity contribution in [2.75, 3.05) is 13.2 Å². The van der Waals surface area contributed by atoms with Gasteiger partial charge in [-0.3, -0.25) is 4.79 Å². The van der Waals surface area contributed by atoms with Crippen LogP contribution in [0.5, 0.6) is 5.75 Å². The summed E-state index contributed by atoms with van der Waals surface area (Å²) < 4.78 is 5.75. The highest BCUT2D eigenvalue weighted by Gasteiger charge is 2.26. The molecule has 3 rings (SSSR count). The van der Waals surface area contributed by atoms with Gasteiger partial charge in [0.25, 0.3) is 5.91 Å². The van der Waals surface area contributed by atoms with Crippen molar-refractivity contribution in [3.8, 4) is 5.75 Å². The summed E-state index contributed by atoms with van der Waals surface area (Å²) in [4.78, 5) is 11.7. The first-order valence-corrected chi connectivity index (χ1v) is 8.05. The Morgan fingerprint density at radius 1 is 1.33 bits per heavy atom. The van der Waals surface area contributed by atoms with Crippen molar-refractivity contribution in [1.29, 1.82) is 0 Å². The number of ether oxygens (including phenoxy) is 1. The van der Waals surface area contributed by atoms with Gasteiger partial charge in [-0.1, -0.05) is 19.1 Å². The molecule has 0 spiro atoms. The minimum absolute atomic E-state index is 0.00578. The highest BCUT2D eigenvalue weighted by molar-refractivity contribution is 5.78. The number of rotatable bonds is 7. The summed E-state index contributed by atoms with van der Waals surface area (Å²) in [6.45, 7) is 3.35. The van der Waals surface area contributed by atoms with Gasteiger partial charge in [0, 0.05) is 12.1 Å². The van der Waals surface area contributed by atoms with Crippen molar-refractivity contribution in [1.82, 2.24) is 10.6 Å². The molecule has 1 aromatic rings. The monoisotopic (exact) mass is 288 g/mol. The van der Waals surface area contributed by atoms with Crippen LogP contribution < -0.4 is 15.4 Å². The highest BCUT2D eigenvalue weighted by Crippen LogP contribution is 2.36. The molecule has 2 aliphatic carbocycles. The van der Waals surface area contributed by atoms with Crippen LogP contribution in [0.2, 0.25) is 0 Å². The zero-order valence-corrected chi connectivity index (χ0v) is 12.7. The lowest BCUT2D eigenvalue weighted by molar-refractivity contribution is -0.123. The summed E-state index contributed by atoms with van der Waals surface area (Å²) >= 11 is 0. The molecular formula is C17H24N2O2. The van der Waals surface area contributed by atoms with Crippen LogP contribution in [0.15, 0.2) is 18.2 Å². The summed E-state index contributed by atoms with van der Waals surface area (Å²) in [6.07, 6.45) is 5.50. The third-order valence-corrected chi connectivity index (χ3v) is 4.17. The van der Waals surface area contributed by atoms with Crippen LogP contribution in [0, 0.1) is 0 Å². The average Bonchev–Trinajstić information content (AvgIpc) is 3.20. The van der Waals surface area contributed by atoms with E-state index in [0.717, 1.165) is 44.4 Å². The molecular weight excluding hydrogens is 264 g/mol. The van der Waals surface area contributed by atoms with Crippen LogP contribution in [0.3, 0.4) is 0 Å². The Balaban J connectivity index is 1.61. The lowest BCUT2D eigenvalue weighted by Gasteiger charge is -2.14. The molecule has 0 aliphatic heterocycles. The fraction of sp³-hybridized carbons (Fsp3) is 0.588. The van der Waals surface area contributed by atoms with Crippen LogP contribution in [0.1, 0.15) is 49.8 Å². The van der Waals surface area contributed by atoms with Crippen molar-refractivity contribution in [3.05, 3.63) is 29.3 Å². The molecule has 114 valence electrons. The minimum atomic E-state index is -0.00578. The molecule has 1 unspecified atom stereocenters. The van der Waals surface area contributed by atoms with E-state index in [-0.39, 0.29) is 12.5 Å². The molecule has 21 heavy (non-hydrogen) atoms. The number of carbonyl (C=O) groups is 1. The van der Waals surface area contributed by atoms with Crippen molar-refractivity contribution >= 4 is 5.91 Å². The SMILES string of the molecule is CCCNC1CCc2c(OCC(=O)NC3CC3)cccc21. The fourth-order valence-electron chi connectivity index (χ4n) is 2.93. The van der Waals surface area contributed by atoms with Crippen molar-refractivity contribution in [2.45, 2.75) is 51.1 Å². The van der Waals surface area contributed by atoms with Gasteiger partial charge in [0.2, 0.25) is 0 Å². The summed E-state index contributed by atoms with van der Waals surface area (Å²) in [6, 6.07) is 7.01. The summed E-state index contributed by atoms with van der Waals surface area (Å²) in [5, 5.41) is 6.53. The Morgan fingerprint density at radius 2 is 2.19 bits per heavy atom. The molecule has 4 heteroatoms. The molecule has 0 saturated heterocycles. The topological polar surface area (TPSA) is 50.4 Å². The van der Waals surface area contributed by atoms with Crippen LogP contribution in [0.25, 0.3) is 0 Å². The van der Waals surface area contributed by atoms with Crippen molar-refractivity contribution < 1.29 is 9.53 Å². The van der Waals surface area contributed by atoms with Gasteiger partial charge in [0.05, 0.1) is 0 Å². The number of carbonyl (C=O) groups excluding carboxylic acids is 1. The molecule has 1 saturated carbocycles. The van der Waals surface area contributed by atoms with Gasteiger partial charge in [-0.15, -0.1) is 0 Å². The quantitative estimate of drug-likeness (QED) is 0.809. The van der Waals surface area contributed by atoms with E-state index < -0.39 is 0 Å². The lowest BCUT2D eigenvalue weighted by atomic mass is 10.1. The standard InChI is InChI=1S/C17H24N2O2/c1-2-10-18-15-9-8-14-13(15)4-3-5-16(14)21-11-17(20)19-12-6-7-12/h3-5,12,15,18H,2,6-11H2,1H3,(H,19,20). The maximum absolute atomic E-state index is 11.7. The van der Waals surface area contributed by atoms with Gasteiger partial charge in [-0.25, -0.2) is 0 Å². The number of amides is 1. The van der Waals surface area contributed by atoms with Crippen LogP contribution in [-0.4, -0.2) is 25.1 Å². The second-order valence-electron chi connectivity index (χ2n) is 6.00. The van der Waals surface area contributed by atoms with E-state index in [4.69, 9.17) is 4.74 Å². The van der Waals surface area contributed by atoms with Gasteiger partial charge < -0.3 is 15.4 Å². The van der Waals surface area contributed by atoms with Crippen molar-refractivity contribution in [2.24, 2.45) is 0 Å². The second kappa shape index (κ2) is 6.48. The summed E-state index contributed by atoms with van der Waals surface area (Å²) in [5.74, 6) is 0.869. The number of nitrogens with one attached hydrogen (secondary N) is 2. The third kappa shape index (κ3) is 3.56. The first kappa shape index (κ1) is 14.4. The molecule has 0 radical (unpaired) electrons. The summed E-state index contributed by atoms with van der Waals surface area (Å²) in [5.41, 5.74) is 2.61. The van der Waals surface area contributed by atoms with E-state index in [1.165, 1.54) is 11.1 Å². The Morgan fingerprint density at radius 3 is 2.95 bits per heavy atom. The normalized spacial score (nSPS) is 20.1. The molecule has 2 N–H and O–H groups in total. The fourth-order valence-corrected chi connectivity index (χ4v) is 2.93. The average molecular weight is 288 g/mol. The van der Waals surface area contributed by atoms with E-state index in [1.807, 2.05) is 12.1 Å². The van der Waals surface area contributed by atoms with Gasteiger partial charge in [-0.05, 0) is 55.8 Å². The lowest BCUT2D eigenvalue weighted by Crippen LogP contribution is -2.30. The first-order valence-electron chi connectivity index (χ1n) is 8.05. The van der Waals surface area contributed by atoms with Gasteiger partial charge in [-0.2, -0.15) is 0 Å². The van der Waals surface area contributed by atoms with Crippen LogP contribution >= 0.6 is 0 Å². The summed E-state index contributed by atoms with van der Waals surface area (Å²) in [7, 11) is 0. The van der Waals surface area contributed by atoms with Crippen LogP contribution in [0.4, 0.5) is 0 Å². The molecule has 1 amide bonds. The Kier molecular flexibility index (Phi) is 4.44. The number of fused-ring (bicyclic) bond motifs is 1. The Hall–Kier alpha value is -1.55. The molecule has 1 atom stereocenters. The molecule has 1 aromatic carbocycles. The van der Waals surface area contributed by atoms with E-state index >= 15 is 0 Å². The molecule has 2 aliphatic rings. The van der Waals surface area contributed by atoms with Crippen LogP contribution in [-0.2, 0) is 11.2 Å². The largest absolute Gasteiger partial charge is 0.483 e. The van der Waals surface area contributed by atoms with Gasteiger partial charge in [0.15, 0.2) is 6.61 Å². The number of hydrogen-bond donors (Lipinski definition) is 2. The predicted octanol–water partition coefficient (Wildman–Crippen LogP) is 2.33. The van der Waals surface area contributed by atoms with E-state index in [1.54, 1.807) is 0 Å². The molecule has 0 aromatic heterocycles. The van der Waals surface area contributed by atoms with E-state index in [9.17, 15) is 4.79 Å². The Bertz CT molecular complexity index is 512. The maximum Gasteiger partial charge on any atom is 0.258 e. The highest BCUT2D eigenvalue weighted by atomic mass is 16.5. The molecule has 0 bridgehead atoms. The second-order valence-corrected chi connectivity index (χ2v) is 6.00. The third-order valence-electron chi connectivity index (χ3n) is 4.17. The predicted molar refractivity (Wildman–Crippen MR) is 82.5 cm³/mol. The zero-order valence-electron chi connectivity index (χ0n) is 12.7. The molecule has 4 nitrogen and oxygen atoms in total. The Labute approximate surface area is 126 Å². The van der Waals surface area contributed by atoms with Crippen molar-refractivity contribution in [3.63, 3.8) is 0 Å². The van der Waals surface area contributed by atoms with E-state index in [0.29, 0.717) is 12.1 Å². The van der Waals surface area contributed by atoms with Gasteiger partial charge in [0.1, 0.15) is 5.75 Å². The number of hydrogen-bond acceptors (Lipinski definition) is 3. The smallest absolute Gasteiger partial charge is 0.258 e. The minimum Gasteiger partial charge on any atom is -0.483 e. The molecule has 1 fully saturated rings. The first-order chi connectivity index (χ1) is 10.3. The zero-order chi connectivity index (χ0) is 14.7. The van der Waals surface area contributed by atoms with E-state index in [2.05, 4.69) is 23.6 Å². The number of benzene rings is 1. The maximum atomic E-state index is 11.7.